The third kappa shape index (κ3) is 5.73. The number of sulfonamides is 1. The summed E-state index contributed by atoms with van der Waals surface area (Å²) in [6.45, 7) is 2.12. The summed E-state index contributed by atoms with van der Waals surface area (Å²) in [4.78, 5) is 13.2. The van der Waals surface area contributed by atoms with E-state index >= 15 is 0 Å². The predicted molar refractivity (Wildman–Crippen MR) is 99.9 cm³/mol. The second kappa shape index (κ2) is 9.11. The number of amides is 1. The number of hydrogen-bond donors (Lipinski definition) is 0. The lowest BCUT2D eigenvalue weighted by atomic mass is 10.3. The number of carbonyl (C=O) groups is 1. The number of nitrogens with zero attached hydrogens (tertiary/aromatic N) is 2. The molecule has 0 unspecified atom stereocenters. The number of hydrogen-bond acceptors (Lipinski definition) is 5. The van der Waals surface area contributed by atoms with Gasteiger partial charge in [-0.25, -0.2) is 21.2 Å². The molecular weight excluding hydrogens is 395 g/mol. The highest BCUT2D eigenvalue weighted by atomic mass is 32.2. The minimum absolute atomic E-state index is 0.00170. The average molecular weight is 421 g/mol. The van der Waals surface area contributed by atoms with Crippen molar-refractivity contribution >= 4 is 25.8 Å². The van der Waals surface area contributed by atoms with Crippen molar-refractivity contribution in [1.82, 2.24) is 9.21 Å². The van der Waals surface area contributed by atoms with E-state index < -0.39 is 42.2 Å². The smallest absolute Gasteiger partial charge is 0.246 e. The molecule has 0 atom stereocenters. The fourth-order valence-corrected chi connectivity index (χ4v) is 5.73. The SMILES string of the molecule is CCCCCS(=O)(=O)CC(=O)N1CCN(S(=O)(=O)c2ccccc2F)CC1. The van der Waals surface area contributed by atoms with E-state index in [9.17, 15) is 26.0 Å². The minimum atomic E-state index is -3.99. The molecule has 10 heteroatoms. The third-order valence-corrected chi connectivity index (χ3v) is 7.98. The fourth-order valence-electron chi connectivity index (χ4n) is 2.89. The van der Waals surface area contributed by atoms with Crippen LogP contribution in [0.5, 0.6) is 0 Å². The summed E-state index contributed by atoms with van der Waals surface area (Å²) in [5, 5.41) is 0. The normalized spacial score (nSPS) is 16.4. The van der Waals surface area contributed by atoms with Gasteiger partial charge < -0.3 is 4.90 Å². The number of rotatable bonds is 8. The third-order valence-electron chi connectivity index (χ3n) is 4.45. The molecule has 0 aromatic heterocycles. The van der Waals surface area contributed by atoms with Gasteiger partial charge in [0.05, 0.1) is 5.75 Å². The van der Waals surface area contributed by atoms with Crippen molar-refractivity contribution in [3.63, 3.8) is 0 Å². The summed E-state index contributed by atoms with van der Waals surface area (Å²) in [6, 6.07) is 5.13. The molecule has 1 saturated heterocycles. The monoisotopic (exact) mass is 420 g/mol. The standard InChI is InChI=1S/C17H25FN2O5S2/c1-2-3-6-13-26(22,23)14-17(21)19-9-11-20(12-10-19)27(24,25)16-8-5-4-7-15(16)18/h4-5,7-8H,2-3,6,9-14H2,1H3. The van der Waals surface area contributed by atoms with Gasteiger partial charge in [0.25, 0.3) is 0 Å². The first-order valence-electron chi connectivity index (χ1n) is 8.90. The second-order valence-corrected chi connectivity index (χ2v) is 10.6. The molecule has 1 aliphatic rings. The van der Waals surface area contributed by atoms with Crippen LogP contribution in [-0.4, -0.2) is 69.6 Å². The Balaban J connectivity index is 1.95. The molecule has 27 heavy (non-hydrogen) atoms. The molecule has 0 radical (unpaired) electrons. The van der Waals surface area contributed by atoms with Crippen LogP contribution in [0.15, 0.2) is 29.2 Å². The molecule has 2 rings (SSSR count). The van der Waals surface area contributed by atoms with Crippen molar-refractivity contribution in [2.24, 2.45) is 0 Å². The Kier molecular flexibility index (Phi) is 7.35. The molecule has 1 aromatic rings. The van der Waals surface area contributed by atoms with E-state index in [1.807, 2.05) is 6.92 Å². The van der Waals surface area contributed by atoms with Crippen molar-refractivity contribution in [2.75, 3.05) is 37.7 Å². The van der Waals surface area contributed by atoms with Crippen molar-refractivity contribution < 1.29 is 26.0 Å². The van der Waals surface area contributed by atoms with Crippen molar-refractivity contribution in [1.29, 1.82) is 0 Å². The molecule has 0 bridgehead atoms. The highest BCUT2D eigenvalue weighted by molar-refractivity contribution is 7.92. The molecule has 1 heterocycles. The van der Waals surface area contributed by atoms with E-state index in [2.05, 4.69) is 0 Å². The van der Waals surface area contributed by atoms with Gasteiger partial charge in [-0.15, -0.1) is 0 Å². The van der Waals surface area contributed by atoms with Gasteiger partial charge in [0.15, 0.2) is 9.84 Å². The maximum Gasteiger partial charge on any atom is 0.246 e. The average Bonchev–Trinajstić information content (AvgIpc) is 2.61. The Morgan fingerprint density at radius 2 is 1.67 bits per heavy atom. The lowest BCUT2D eigenvalue weighted by Crippen LogP contribution is -2.51. The first kappa shape index (κ1) is 21.8. The largest absolute Gasteiger partial charge is 0.339 e. The zero-order chi connectivity index (χ0) is 20.1. The summed E-state index contributed by atoms with van der Waals surface area (Å²) in [6.07, 6.45) is 2.21. The van der Waals surface area contributed by atoms with Gasteiger partial charge in [-0.2, -0.15) is 4.31 Å². The summed E-state index contributed by atoms with van der Waals surface area (Å²) in [5.41, 5.74) is 0. The Labute approximate surface area is 160 Å². The molecule has 1 fully saturated rings. The number of carbonyl (C=O) groups excluding carboxylic acids is 1. The maximum absolute atomic E-state index is 13.8. The zero-order valence-corrected chi connectivity index (χ0v) is 16.9. The first-order valence-corrected chi connectivity index (χ1v) is 12.2. The molecule has 1 amide bonds. The molecule has 1 aliphatic heterocycles. The summed E-state index contributed by atoms with van der Waals surface area (Å²) >= 11 is 0. The Morgan fingerprint density at radius 1 is 1.04 bits per heavy atom. The van der Waals surface area contributed by atoms with Gasteiger partial charge >= 0.3 is 0 Å². The zero-order valence-electron chi connectivity index (χ0n) is 15.3. The van der Waals surface area contributed by atoms with Crippen LogP contribution in [0, 0.1) is 5.82 Å². The van der Waals surface area contributed by atoms with Crippen LogP contribution in [0.1, 0.15) is 26.2 Å². The lowest BCUT2D eigenvalue weighted by Gasteiger charge is -2.34. The molecule has 7 nitrogen and oxygen atoms in total. The molecule has 0 spiro atoms. The van der Waals surface area contributed by atoms with Gasteiger partial charge in [0, 0.05) is 26.2 Å². The van der Waals surface area contributed by atoms with Crippen LogP contribution >= 0.6 is 0 Å². The van der Waals surface area contributed by atoms with Crippen LogP contribution in [0.25, 0.3) is 0 Å². The Bertz CT molecular complexity index is 863. The predicted octanol–water partition coefficient (Wildman–Crippen LogP) is 1.26. The summed E-state index contributed by atoms with van der Waals surface area (Å²) < 4.78 is 64.0. The quantitative estimate of drug-likeness (QED) is 0.591. The van der Waals surface area contributed by atoms with Crippen LogP contribution < -0.4 is 0 Å². The molecule has 0 aliphatic carbocycles. The van der Waals surface area contributed by atoms with Crippen molar-refractivity contribution in [2.45, 2.75) is 31.1 Å². The van der Waals surface area contributed by atoms with Gasteiger partial charge in [-0.1, -0.05) is 31.9 Å². The second-order valence-electron chi connectivity index (χ2n) is 6.51. The topological polar surface area (TPSA) is 91.8 Å². The minimum Gasteiger partial charge on any atom is -0.339 e. The van der Waals surface area contributed by atoms with Crippen LogP contribution in [-0.2, 0) is 24.7 Å². The summed E-state index contributed by atoms with van der Waals surface area (Å²) in [7, 11) is -7.46. The molecular formula is C17H25FN2O5S2. The van der Waals surface area contributed by atoms with E-state index in [1.165, 1.54) is 23.1 Å². The maximum atomic E-state index is 13.8. The van der Waals surface area contributed by atoms with Gasteiger partial charge in [-0.05, 0) is 18.6 Å². The van der Waals surface area contributed by atoms with Crippen LogP contribution in [0.4, 0.5) is 4.39 Å². The number of piperazine rings is 1. The van der Waals surface area contributed by atoms with Gasteiger partial charge in [0.1, 0.15) is 16.5 Å². The fraction of sp³-hybridized carbons (Fsp3) is 0.588. The molecule has 152 valence electrons. The number of halogens is 1. The van der Waals surface area contributed by atoms with Crippen LogP contribution in [0.2, 0.25) is 0 Å². The van der Waals surface area contributed by atoms with E-state index in [4.69, 9.17) is 0 Å². The lowest BCUT2D eigenvalue weighted by molar-refractivity contribution is -0.129. The molecule has 0 saturated carbocycles. The number of benzene rings is 1. The van der Waals surface area contributed by atoms with E-state index in [-0.39, 0.29) is 31.9 Å². The molecule has 0 N–H and O–H groups in total. The first-order chi connectivity index (χ1) is 12.7. The Morgan fingerprint density at radius 3 is 2.26 bits per heavy atom. The number of unbranched alkanes of at least 4 members (excludes halogenated alkanes) is 2. The van der Waals surface area contributed by atoms with E-state index in [0.29, 0.717) is 6.42 Å². The highest BCUT2D eigenvalue weighted by Gasteiger charge is 2.32. The summed E-state index contributed by atoms with van der Waals surface area (Å²) in [5.74, 6) is -1.92. The van der Waals surface area contributed by atoms with Crippen molar-refractivity contribution in [3.8, 4) is 0 Å². The highest BCUT2D eigenvalue weighted by Crippen LogP contribution is 2.20. The van der Waals surface area contributed by atoms with Gasteiger partial charge in [-0.3, -0.25) is 4.79 Å². The Hall–Kier alpha value is -1.52. The number of sulfone groups is 1. The van der Waals surface area contributed by atoms with E-state index in [0.717, 1.165) is 23.2 Å². The van der Waals surface area contributed by atoms with Crippen molar-refractivity contribution in [3.05, 3.63) is 30.1 Å². The molecule has 1 aromatic carbocycles. The van der Waals surface area contributed by atoms with E-state index in [1.54, 1.807) is 0 Å². The van der Waals surface area contributed by atoms with Crippen LogP contribution in [0.3, 0.4) is 0 Å². The van der Waals surface area contributed by atoms with Gasteiger partial charge in [0.2, 0.25) is 15.9 Å².